The first-order valence-electron chi connectivity index (χ1n) is 9.21. The molecular formula is C20H24ClN3O5S. The molecule has 2 aliphatic heterocycles. The van der Waals surface area contributed by atoms with Crippen LogP contribution < -0.4 is 19.1 Å². The quantitative estimate of drug-likeness (QED) is 0.719. The zero-order valence-corrected chi connectivity index (χ0v) is 18.5. The van der Waals surface area contributed by atoms with Gasteiger partial charge in [-0.2, -0.15) is 0 Å². The Morgan fingerprint density at radius 2 is 1.87 bits per heavy atom. The molecule has 0 saturated carbocycles. The summed E-state index contributed by atoms with van der Waals surface area (Å²) >= 11 is 0. The Balaban J connectivity index is 0.00000256. The fourth-order valence-electron chi connectivity index (χ4n) is 3.60. The van der Waals surface area contributed by atoms with Crippen LogP contribution in [0.4, 0.5) is 5.69 Å². The fourth-order valence-corrected chi connectivity index (χ4v) is 4.69. The number of likely N-dealkylation sites (N-methyl/N-ethyl adjacent to an activating group) is 2. The van der Waals surface area contributed by atoms with Gasteiger partial charge in [0.1, 0.15) is 0 Å². The molecule has 0 spiro atoms. The molecule has 8 nitrogen and oxygen atoms in total. The number of fused-ring (bicyclic) bond motifs is 2. The monoisotopic (exact) mass is 453 g/mol. The smallest absolute Gasteiger partial charge is 0.240 e. The molecule has 0 aliphatic carbocycles. The van der Waals surface area contributed by atoms with Gasteiger partial charge in [-0.25, -0.2) is 13.1 Å². The molecule has 0 aromatic heterocycles. The van der Waals surface area contributed by atoms with E-state index in [0.29, 0.717) is 11.5 Å². The molecule has 2 aromatic rings. The summed E-state index contributed by atoms with van der Waals surface area (Å²) in [6.45, 7) is 0.374. The third-order valence-electron chi connectivity index (χ3n) is 5.31. The van der Waals surface area contributed by atoms with Gasteiger partial charge in [0.2, 0.25) is 22.7 Å². The van der Waals surface area contributed by atoms with Crippen LogP contribution in [0.2, 0.25) is 0 Å². The molecule has 1 unspecified atom stereocenters. The average Bonchev–Trinajstić information content (AvgIpc) is 3.25. The van der Waals surface area contributed by atoms with Crippen molar-refractivity contribution in [3.05, 3.63) is 47.5 Å². The van der Waals surface area contributed by atoms with Gasteiger partial charge in [-0.15, -0.1) is 12.4 Å². The summed E-state index contributed by atoms with van der Waals surface area (Å²) in [5, 5.41) is 0. The number of sulfonamides is 1. The van der Waals surface area contributed by atoms with Crippen LogP contribution in [0.25, 0.3) is 0 Å². The minimum atomic E-state index is -3.73. The maximum absolute atomic E-state index is 12.9. The van der Waals surface area contributed by atoms with Gasteiger partial charge >= 0.3 is 0 Å². The molecule has 4 rings (SSSR count). The van der Waals surface area contributed by atoms with Crippen LogP contribution in [0, 0.1) is 0 Å². The lowest BCUT2D eigenvalue weighted by molar-refractivity contribution is -0.117. The summed E-state index contributed by atoms with van der Waals surface area (Å²) in [5.74, 6) is 1.30. The van der Waals surface area contributed by atoms with E-state index >= 15 is 0 Å². The summed E-state index contributed by atoms with van der Waals surface area (Å²) in [6, 6.07) is 10.2. The Labute approximate surface area is 182 Å². The highest BCUT2D eigenvalue weighted by molar-refractivity contribution is 7.89. The standard InChI is InChI=1S/C20H23N3O5S.ClH/c1-22(2)17(13-4-7-18-19(9-13)28-12-27-18)11-21-29(25,26)15-5-6-16-14(8-15)10-20(24)23(16)3;/h4-9,17,21H,10-12H2,1-3H3;1H. The van der Waals surface area contributed by atoms with Gasteiger partial charge in [0.15, 0.2) is 11.5 Å². The van der Waals surface area contributed by atoms with Crippen molar-refractivity contribution in [2.75, 3.05) is 39.4 Å². The van der Waals surface area contributed by atoms with Crippen LogP contribution in [0.3, 0.4) is 0 Å². The molecule has 162 valence electrons. The largest absolute Gasteiger partial charge is 0.454 e. The van der Waals surface area contributed by atoms with Gasteiger partial charge in [-0.1, -0.05) is 6.07 Å². The molecule has 0 fully saturated rings. The number of nitrogens with one attached hydrogen (secondary N) is 1. The number of rotatable bonds is 6. The molecule has 2 aromatic carbocycles. The van der Waals surface area contributed by atoms with Crippen LogP contribution >= 0.6 is 12.4 Å². The van der Waals surface area contributed by atoms with E-state index in [9.17, 15) is 13.2 Å². The van der Waals surface area contributed by atoms with Gasteiger partial charge in [-0.3, -0.25) is 4.79 Å². The summed E-state index contributed by atoms with van der Waals surface area (Å²) in [6.07, 6.45) is 0.215. The second-order valence-electron chi connectivity index (χ2n) is 7.36. The molecule has 2 heterocycles. The van der Waals surface area contributed by atoms with Crippen molar-refractivity contribution >= 4 is 34.0 Å². The number of benzene rings is 2. The van der Waals surface area contributed by atoms with Gasteiger partial charge in [0, 0.05) is 25.3 Å². The highest BCUT2D eigenvalue weighted by Crippen LogP contribution is 2.35. The maximum Gasteiger partial charge on any atom is 0.240 e. The number of amides is 1. The molecule has 0 bridgehead atoms. The van der Waals surface area contributed by atoms with Crippen LogP contribution in [0.1, 0.15) is 17.2 Å². The van der Waals surface area contributed by atoms with E-state index in [-0.39, 0.29) is 49.0 Å². The number of carbonyl (C=O) groups excluding carboxylic acids is 1. The summed E-state index contributed by atoms with van der Waals surface area (Å²) in [5.41, 5.74) is 2.39. The lowest BCUT2D eigenvalue weighted by Gasteiger charge is -2.25. The van der Waals surface area contributed by atoms with Crippen molar-refractivity contribution in [1.29, 1.82) is 0 Å². The van der Waals surface area contributed by atoms with Gasteiger partial charge < -0.3 is 19.3 Å². The molecule has 30 heavy (non-hydrogen) atoms. The van der Waals surface area contributed by atoms with Crippen molar-refractivity contribution in [3.63, 3.8) is 0 Å². The Hall–Kier alpha value is -2.33. The summed E-state index contributed by atoms with van der Waals surface area (Å²) in [7, 11) is 1.74. The number of ether oxygens (including phenoxy) is 2. The van der Waals surface area contributed by atoms with Crippen LogP contribution in [-0.4, -0.2) is 53.7 Å². The fraction of sp³-hybridized carbons (Fsp3) is 0.350. The molecule has 1 N–H and O–H groups in total. The van der Waals surface area contributed by atoms with Crippen LogP contribution in [0.15, 0.2) is 41.3 Å². The number of halogens is 1. The van der Waals surface area contributed by atoms with Gasteiger partial charge in [0.25, 0.3) is 0 Å². The third-order valence-corrected chi connectivity index (χ3v) is 6.73. The van der Waals surface area contributed by atoms with E-state index in [1.807, 2.05) is 37.2 Å². The third kappa shape index (κ3) is 4.11. The predicted molar refractivity (Wildman–Crippen MR) is 115 cm³/mol. The van der Waals surface area contributed by atoms with Crippen molar-refractivity contribution in [3.8, 4) is 11.5 Å². The van der Waals surface area contributed by atoms with Crippen molar-refractivity contribution < 1.29 is 22.7 Å². The van der Waals surface area contributed by atoms with E-state index in [0.717, 1.165) is 16.8 Å². The van der Waals surface area contributed by atoms with Gasteiger partial charge in [0.05, 0.1) is 11.3 Å². The summed E-state index contributed by atoms with van der Waals surface area (Å²) in [4.78, 5) is 15.5. The zero-order valence-electron chi connectivity index (χ0n) is 16.9. The van der Waals surface area contributed by atoms with Crippen molar-refractivity contribution in [2.45, 2.75) is 17.4 Å². The number of hydrogen-bond donors (Lipinski definition) is 1. The van der Waals surface area contributed by atoms with E-state index < -0.39 is 10.0 Å². The second-order valence-corrected chi connectivity index (χ2v) is 9.13. The predicted octanol–water partition coefficient (Wildman–Crippen LogP) is 1.94. The summed E-state index contributed by atoms with van der Waals surface area (Å²) < 4.78 is 39.2. The highest BCUT2D eigenvalue weighted by Gasteiger charge is 2.27. The Morgan fingerprint density at radius 1 is 1.13 bits per heavy atom. The van der Waals surface area contributed by atoms with Crippen LogP contribution in [-0.2, 0) is 21.2 Å². The molecule has 2 aliphatic rings. The molecule has 1 atom stereocenters. The van der Waals surface area contributed by atoms with Crippen molar-refractivity contribution in [1.82, 2.24) is 9.62 Å². The van der Waals surface area contributed by atoms with E-state index in [2.05, 4.69) is 4.72 Å². The molecule has 0 radical (unpaired) electrons. The molecule has 1 amide bonds. The molecule has 0 saturated heterocycles. The van der Waals surface area contributed by atoms with Crippen molar-refractivity contribution in [2.24, 2.45) is 0 Å². The zero-order chi connectivity index (χ0) is 20.8. The number of carbonyl (C=O) groups is 1. The minimum Gasteiger partial charge on any atom is -0.454 e. The van der Waals surface area contributed by atoms with E-state index in [1.54, 1.807) is 24.1 Å². The topological polar surface area (TPSA) is 88.2 Å². The number of hydrogen-bond acceptors (Lipinski definition) is 6. The lowest BCUT2D eigenvalue weighted by Crippen LogP contribution is -2.34. The SMILES string of the molecule is CN1C(=O)Cc2cc(S(=O)(=O)NCC(c3ccc4c(c3)OCO4)N(C)C)ccc21.Cl. The molecule has 10 heteroatoms. The van der Waals surface area contributed by atoms with E-state index in [1.165, 1.54) is 6.07 Å². The lowest BCUT2D eigenvalue weighted by atomic mass is 10.1. The Morgan fingerprint density at radius 3 is 2.60 bits per heavy atom. The maximum atomic E-state index is 12.9. The number of anilines is 1. The normalized spacial score (nSPS) is 15.9. The highest BCUT2D eigenvalue weighted by atomic mass is 35.5. The second kappa shape index (κ2) is 8.43. The Bertz CT molecular complexity index is 1070. The first kappa shape index (κ1) is 22.4. The van der Waals surface area contributed by atoms with Crippen LogP contribution in [0.5, 0.6) is 11.5 Å². The van der Waals surface area contributed by atoms with E-state index in [4.69, 9.17) is 9.47 Å². The first-order valence-corrected chi connectivity index (χ1v) is 10.7. The molecular weight excluding hydrogens is 430 g/mol. The minimum absolute atomic E-state index is 0. The first-order chi connectivity index (χ1) is 13.8. The number of nitrogens with zero attached hydrogens (tertiary/aromatic N) is 2. The van der Waals surface area contributed by atoms with Gasteiger partial charge in [-0.05, 0) is 55.6 Å². The average molecular weight is 454 g/mol. The Kier molecular flexibility index (Phi) is 6.28.